The molecule has 0 saturated carbocycles. The van der Waals surface area contributed by atoms with Crippen LogP contribution in [0.2, 0.25) is 10.0 Å². The number of allylic oxidation sites excluding steroid dienone is 1. The van der Waals surface area contributed by atoms with Gasteiger partial charge in [0.2, 0.25) is 5.91 Å². The number of thioether (sulfide) groups is 1. The van der Waals surface area contributed by atoms with Crippen LogP contribution in [0, 0.1) is 11.3 Å². The van der Waals surface area contributed by atoms with E-state index < -0.39 is 0 Å². The molecule has 2 heterocycles. The number of nitriles is 1. The Labute approximate surface area is 158 Å². The minimum absolute atomic E-state index is 0.0721. The van der Waals surface area contributed by atoms with Crippen molar-refractivity contribution in [2.45, 2.75) is 18.1 Å². The normalized spacial score (nSPS) is 17.5. The molecule has 1 atom stereocenters. The summed E-state index contributed by atoms with van der Waals surface area (Å²) in [5.41, 5.74) is 1.51. The molecule has 0 unspecified atom stereocenters. The van der Waals surface area contributed by atoms with Crippen molar-refractivity contribution < 1.29 is 4.79 Å². The fourth-order valence-electron chi connectivity index (χ4n) is 2.45. The second-order valence-electron chi connectivity index (χ2n) is 5.20. The monoisotopic (exact) mass is 394 g/mol. The van der Waals surface area contributed by atoms with Crippen LogP contribution in [0.3, 0.4) is 0 Å². The van der Waals surface area contributed by atoms with E-state index in [2.05, 4.69) is 11.4 Å². The first-order chi connectivity index (χ1) is 11.6. The quantitative estimate of drug-likeness (QED) is 0.762. The third-order valence-corrected chi connectivity index (χ3v) is 6.27. The highest BCUT2D eigenvalue weighted by Gasteiger charge is 2.30. The summed E-state index contributed by atoms with van der Waals surface area (Å²) in [6, 6.07) is 11.5. The summed E-state index contributed by atoms with van der Waals surface area (Å²) in [4.78, 5) is 13.1. The summed E-state index contributed by atoms with van der Waals surface area (Å²) >= 11 is 15.1. The second-order valence-corrected chi connectivity index (χ2v) is 8.01. The maximum Gasteiger partial charge on any atom is 0.225 e. The number of nitrogens with one attached hydrogen (secondary N) is 1. The first kappa shape index (κ1) is 17.4. The van der Waals surface area contributed by atoms with Crippen molar-refractivity contribution in [3.8, 4) is 6.07 Å². The Hall–Kier alpha value is -1.45. The first-order valence-corrected chi connectivity index (χ1v) is 9.75. The van der Waals surface area contributed by atoms with Crippen molar-refractivity contribution in [3.05, 3.63) is 66.8 Å². The van der Waals surface area contributed by atoms with E-state index in [0.717, 1.165) is 10.4 Å². The van der Waals surface area contributed by atoms with Crippen molar-refractivity contribution in [2.75, 3.05) is 0 Å². The zero-order valence-electron chi connectivity index (χ0n) is 12.4. The number of hydrogen-bond donors (Lipinski definition) is 1. The molecule has 0 fully saturated rings. The van der Waals surface area contributed by atoms with Gasteiger partial charge >= 0.3 is 0 Å². The Balaban J connectivity index is 1.86. The van der Waals surface area contributed by atoms with Crippen molar-refractivity contribution in [1.29, 1.82) is 5.26 Å². The fourth-order valence-corrected chi connectivity index (χ4v) is 4.93. The minimum Gasteiger partial charge on any atom is -0.320 e. The number of nitrogens with zero attached hydrogens (tertiary/aromatic N) is 1. The summed E-state index contributed by atoms with van der Waals surface area (Å²) in [7, 11) is 0. The van der Waals surface area contributed by atoms with Crippen LogP contribution in [0.4, 0.5) is 0 Å². The Bertz CT molecular complexity index is 841. The van der Waals surface area contributed by atoms with Gasteiger partial charge in [0.25, 0.3) is 0 Å². The second kappa shape index (κ2) is 7.62. The summed E-state index contributed by atoms with van der Waals surface area (Å²) < 4.78 is 0. The number of thiophene rings is 1. The van der Waals surface area contributed by atoms with Crippen LogP contribution in [0.25, 0.3) is 0 Å². The topological polar surface area (TPSA) is 52.9 Å². The van der Waals surface area contributed by atoms with Crippen molar-refractivity contribution in [3.63, 3.8) is 0 Å². The third-order valence-electron chi connectivity index (χ3n) is 3.63. The van der Waals surface area contributed by atoms with E-state index >= 15 is 0 Å². The van der Waals surface area contributed by atoms with Crippen LogP contribution in [0.5, 0.6) is 0 Å². The highest BCUT2D eigenvalue weighted by Crippen LogP contribution is 2.39. The average Bonchev–Trinajstić information content (AvgIpc) is 3.07. The molecule has 1 amide bonds. The van der Waals surface area contributed by atoms with E-state index in [1.165, 1.54) is 11.8 Å². The van der Waals surface area contributed by atoms with E-state index in [1.54, 1.807) is 23.5 Å². The Morgan fingerprint density at radius 1 is 1.38 bits per heavy atom. The minimum atomic E-state index is -0.174. The van der Waals surface area contributed by atoms with Crippen LogP contribution < -0.4 is 5.32 Å². The third kappa shape index (κ3) is 3.79. The van der Waals surface area contributed by atoms with Gasteiger partial charge in [-0.2, -0.15) is 5.26 Å². The van der Waals surface area contributed by atoms with Gasteiger partial charge in [0, 0.05) is 33.0 Å². The van der Waals surface area contributed by atoms with Crippen molar-refractivity contribution in [1.82, 2.24) is 5.32 Å². The molecule has 3 nitrogen and oxygen atoms in total. The highest BCUT2D eigenvalue weighted by atomic mass is 35.5. The van der Waals surface area contributed by atoms with E-state index in [0.29, 0.717) is 32.8 Å². The number of benzene rings is 1. The lowest BCUT2D eigenvalue weighted by Crippen LogP contribution is -2.30. The molecule has 1 aliphatic heterocycles. The molecule has 0 saturated heterocycles. The Kier molecular flexibility index (Phi) is 5.52. The Morgan fingerprint density at radius 2 is 2.21 bits per heavy atom. The number of carbonyl (C=O) groups is 1. The lowest BCUT2D eigenvalue weighted by molar-refractivity contribution is -0.120. The van der Waals surface area contributed by atoms with E-state index in [1.807, 2.05) is 23.6 Å². The molecule has 2 aromatic rings. The van der Waals surface area contributed by atoms with Crippen molar-refractivity contribution in [2.24, 2.45) is 0 Å². The molecule has 24 heavy (non-hydrogen) atoms. The molecule has 1 aromatic carbocycles. The lowest BCUT2D eigenvalue weighted by Gasteiger charge is -2.24. The maximum absolute atomic E-state index is 12.1. The molecular formula is C17H12Cl2N2OS2. The molecule has 7 heteroatoms. The number of hydrogen-bond acceptors (Lipinski definition) is 4. The first-order valence-electron chi connectivity index (χ1n) is 7.12. The summed E-state index contributed by atoms with van der Waals surface area (Å²) in [5, 5.41) is 16.1. The fraction of sp³-hybridized carbons (Fsp3) is 0.176. The SMILES string of the molecule is N#CC1=C(SCc2ccc(Cl)cc2Cl)NC(=O)C[C@@H]1c1cccs1. The van der Waals surface area contributed by atoms with Crippen LogP contribution in [-0.2, 0) is 10.5 Å². The zero-order chi connectivity index (χ0) is 17.1. The Morgan fingerprint density at radius 3 is 2.88 bits per heavy atom. The summed E-state index contributed by atoms with van der Waals surface area (Å²) in [6.45, 7) is 0. The molecule has 3 rings (SSSR count). The van der Waals surface area contributed by atoms with Gasteiger partial charge in [-0.05, 0) is 29.1 Å². The summed E-state index contributed by atoms with van der Waals surface area (Å²) in [5.74, 6) is 0.303. The number of carbonyl (C=O) groups excluding carboxylic acids is 1. The molecule has 122 valence electrons. The van der Waals surface area contributed by atoms with Gasteiger partial charge in [-0.1, -0.05) is 35.3 Å². The van der Waals surface area contributed by atoms with E-state index in [-0.39, 0.29) is 11.8 Å². The molecule has 0 bridgehead atoms. The smallest absolute Gasteiger partial charge is 0.225 e. The van der Waals surface area contributed by atoms with Gasteiger partial charge in [-0.3, -0.25) is 4.79 Å². The molecule has 0 aliphatic carbocycles. The average molecular weight is 395 g/mol. The predicted octanol–water partition coefficient (Wildman–Crippen LogP) is 5.33. The largest absolute Gasteiger partial charge is 0.320 e. The highest BCUT2D eigenvalue weighted by molar-refractivity contribution is 8.02. The summed E-state index contributed by atoms with van der Waals surface area (Å²) in [6.07, 6.45) is 0.301. The van der Waals surface area contributed by atoms with Crippen LogP contribution in [0.1, 0.15) is 22.8 Å². The van der Waals surface area contributed by atoms with E-state index in [9.17, 15) is 10.1 Å². The molecule has 0 spiro atoms. The number of rotatable bonds is 4. The van der Waals surface area contributed by atoms with Gasteiger partial charge in [-0.15, -0.1) is 23.1 Å². The van der Waals surface area contributed by atoms with Gasteiger partial charge < -0.3 is 5.32 Å². The molecule has 1 N–H and O–H groups in total. The zero-order valence-corrected chi connectivity index (χ0v) is 15.5. The standard InChI is InChI=1S/C17H12Cl2N2OS2/c18-11-4-3-10(14(19)6-11)9-24-17-13(8-20)12(7-16(22)21-17)15-2-1-5-23-15/h1-6,12H,7,9H2,(H,21,22)/t12-/m0/s1. The maximum atomic E-state index is 12.1. The predicted molar refractivity (Wildman–Crippen MR) is 100 cm³/mol. The van der Waals surface area contributed by atoms with E-state index in [4.69, 9.17) is 23.2 Å². The molecule has 1 aromatic heterocycles. The van der Waals surface area contributed by atoms with Crippen LogP contribution in [0.15, 0.2) is 46.3 Å². The lowest BCUT2D eigenvalue weighted by atomic mass is 9.93. The van der Waals surface area contributed by atoms with Crippen molar-refractivity contribution >= 4 is 52.2 Å². The van der Waals surface area contributed by atoms with Gasteiger partial charge in [0.1, 0.15) is 0 Å². The number of halogens is 2. The van der Waals surface area contributed by atoms with Crippen LogP contribution in [-0.4, -0.2) is 5.91 Å². The molecular weight excluding hydrogens is 383 g/mol. The molecule has 0 radical (unpaired) electrons. The van der Waals surface area contributed by atoms with Crippen LogP contribution >= 0.6 is 46.3 Å². The van der Waals surface area contributed by atoms with Gasteiger partial charge in [0.05, 0.1) is 16.7 Å². The van der Waals surface area contributed by atoms with Gasteiger partial charge in [-0.25, -0.2) is 0 Å². The number of amides is 1. The van der Waals surface area contributed by atoms with Gasteiger partial charge in [0.15, 0.2) is 0 Å². The molecule has 1 aliphatic rings.